The number of tetrazole rings is 1. The Kier molecular flexibility index (Phi) is 5.37. The molecule has 0 radical (unpaired) electrons. The van der Waals surface area contributed by atoms with E-state index in [1.165, 1.54) is 16.8 Å². The molecule has 9 heteroatoms. The Bertz CT molecular complexity index is 972. The van der Waals surface area contributed by atoms with Crippen molar-refractivity contribution in [3.8, 4) is 5.69 Å². The molecule has 1 heterocycles. The average Bonchev–Trinajstić information content (AvgIpc) is 3.15. The molecular formula is C17H17N5O3S. The van der Waals surface area contributed by atoms with Crippen LogP contribution in [0.2, 0.25) is 0 Å². The first-order chi connectivity index (χ1) is 12.6. The average molecular weight is 371 g/mol. The fourth-order valence-corrected chi connectivity index (χ4v) is 3.59. The molecule has 0 aliphatic heterocycles. The van der Waals surface area contributed by atoms with Gasteiger partial charge in [0, 0.05) is 6.42 Å². The molecule has 2 aromatic carbocycles. The van der Waals surface area contributed by atoms with E-state index in [1.54, 1.807) is 18.2 Å². The molecule has 3 rings (SSSR count). The van der Waals surface area contributed by atoms with Gasteiger partial charge in [-0.1, -0.05) is 36.4 Å². The summed E-state index contributed by atoms with van der Waals surface area (Å²) in [7, 11) is -3.48. The molecule has 1 amide bonds. The van der Waals surface area contributed by atoms with E-state index < -0.39 is 9.84 Å². The minimum Gasteiger partial charge on any atom is -0.349 e. The Morgan fingerprint density at radius 2 is 1.65 bits per heavy atom. The van der Waals surface area contributed by atoms with E-state index in [-0.39, 0.29) is 29.5 Å². The Balaban J connectivity index is 1.57. The lowest BCUT2D eigenvalue weighted by Gasteiger charge is -2.07. The maximum absolute atomic E-state index is 12.2. The Morgan fingerprint density at radius 1 is 1.00 bits per heavy atom. The van der Waals surface area contributed by atoms with Crippen molar-refractivity contribution in [3.05, 3.63) is 66.5 Å². The maximum Gasteiger partial charge on any atom is 0.221 e. The molecule has 0 saturated heterocycles. The van der Waals surface area contributed by atoms with Crippen LogP contribution in [0.3, 0.4) is 0 Å². The quantitative estimate of drug-likeness (QED) is 0.667. The molecule has 3 aromatic rings. The van der Waals surface area contributed by atoms with Gasteiger partial charge in [-0.25, -0.2) is 8.42 Å². The van der Waals surface area contributed by atoms with Gasteiger partial charge in [-0.05, 0) is 34.7 Å². The highest BCUT2D eigenvalue weighted by molar-refractivity contribution is 7.91. The van der Waals surface area contributed by atoms with Gasteiger partial charge in [0.05, 0.1) is 22.9 Å². The van der Waals surface area contributed by atoms with Gasteiger partial charge in [0.15, 0.2) is 15.7 Å². The number of carbonyl (C=O) groups is 1. The third kappa shape index (κ3) is 4.31. The number of hydrogen-bond donors (Lipinski definition) is 1. The topological polar surface area (TPSA) is 107 Å². The first kappa shape index (κ1) is 17.7. The third-order valence-corrected chi connectivity index (χ3v) is 5.41. The highest BCUT2D eigenvalue weighted by atomic mass is 32.2. The van der Waals surface area contributed by atoms with Crippen LogP contribution < -0.4 is 5.32 Å². The van der Waals surface area contributed by atoms with Gasteiger partial charge < -0.3 is 5.32 Å². The monoisotopic (exact) mass is 371 g/mol. The van der Waals surface area contributed by atoms with Crippen molar-refractivity contribution < 1.29 is 13.2 Å². The van der Waals surface area contributed by atoms with Crippen molar-refractivity contribution in [3.63, 3.8) is 0 Å². The molecule has 0 atom stereocenters. The molecule has 0 saturated carbocycles. The molecule has 0 aliphatic carbocycles. The van der Waals surface area contributed by atoms with Crippen molar-refractivity contribution in [2.24, 2.45) is 0 Å². The van der Waals surface area contributed by atoms with Crippen molar-refractivity contribution in [1.29, 1.82) is 0 Å². The number of carbonyl (C=O) groups excluding carboxylic acids is 1. The number of nitrogens with zero attached hydrogens (tertiary/aromatic N) is 4. The number of benzene rings is 2. The summed E-state index contributed by atoms with van der Waals surface area (Å²) in [5, 5.41) is 14.1. The lowest BCUT2D eigenvalue weighted by Crippen LogP contribution is -2.26. The van der Waals surface area contributed by atoms with Gasteiger partial charge >= 0.3 is 0 Å². The van der Waals surface area contributed by atoms with Crippen molar-refractivity contribution in [2.45, 2.75) is 17.9 Å². The second-order valence-electron chi connectivity index (χ2n) is 5.50. The second-order valence-corrected chi connectivity index (χ2v) is 7.61. The van der Waals surface area contributed by atoms with E-state index in [0.29, 0.717) is 5.82 Å². The Labute approximate surface area is 150 Å². The van der Waals surface area contributed by atoms with E-state index in [2.05, 4.69) is 20.8 Å². The van der Waals surface area contributed by atoms with E-state index in [9.17, 15) is 13.2 Å². The normalized spacial score (nSPS) is 11.2. The standard InChI is InChI=1S/C17H17N5O3S/c23-17(11-12-26(24,25)15-9-5-2-6-10-15)18-13-16-19-20-21-22(16)14-7-3-1-4-8-14/h1-10H,11-13H2,(H,18,23). The predicted octanol–water partition coefficient (Wildman–Crippen LogP) is 1.14. The van der Waals surface area contributed by atoms with Crippen LogP contribution in [0.25, 0.3) is 5.69 Å². The molecule has 0 bridgehead atoms. The second kappa shape index (κ2) is 7.87. The van der Waals surface area contributed by atoms with Crippen LogP contribution in [0.5, 0.6) is 0 Å². The molecule has 8 nitrogen and oxygen atoms in total. The van der Waals surface area contributed by atoms with E-state index in [0.717, 1.165) is 5.69 Å². The summed E-state index contributed by atoms with van der Waals surface area (Å²) in [5.74, 6) is -0.186. The fourth-order valence-electron chi connectivity index (χ4n) is 2.32. The number of nitrogens with one attached hydrogen (secondary N) is 1. The molecule has 134 valence electrons. The van der Waals surface area contributed by atoms with Crippen LogP contribution in [-0.2, 0) is 21.2 Å². The SMILES string of the molecule is O=C(CCS(=O)(=O)c1ccccc1)NCc1nnnn1-c1ccccc1. The van der Waals surface area contributed by atoms with Gasteiger partial charge in [-0.15, -0.1) is 5.10 Å². The lowest BCUT2D eigenvalue weighted by atomic mass is 10.3. The van der Waals surface area contributed by atoms with E-state index in [4.69, 9.17) is 0 Å². The minimum absolute atomic E-state index is 0.103. The molecule has 0 fully saturated rings. The van der Waals surface area contributed by atoms with Crippen LogP contribution in [0.4, 0.5) is 0 Å². The molecule has 0 spiro atoms. The van der Waals surface area contributed by atoms with Crippen LogP contribution in [-0.4, -0.2) is 40.3 Å². The van der Waals surface area contributed by atoms with Gasteiger partial charge in [0.25, 0.3) is 0 Å². The first-order valence-electron chi connectivity index (χ1n) is 7.93. The van der Waals surface area contributed by atoms with Gasteiger partial charge in [0.1, 0.15) is 0 Å². The van der Waals surface area contributed by atoms with E-state index in [1.807, 2.05) is 30.3 Å². The largest absolute Gasteiger partial charge is 0.349 e. The number of hydrogen-bond acceptors (Lipinski definition) is 6. The van der Waals surface area contributed by atoms with Crippen molar-refractivity contribution in [2.75, 3.05) is 5.75 Å². The first-order valence-corrected chi connectivity index (χ1v) is 9.59. The summed E-state index contributed by atoms with van der Waals surface area (Å²) in [5.41, 5.74) is 0.772. The molecule has 1 N–H and O–H groups in total. The summed E-state index contributed by atoms with van der Waals surface area (Å²) < 4.78 is 25.9. The summed E-state index contributed by atoms with van der Waals surface area (Å²) >= 11 is 0. The highest BCUT2D eigenvalue weighted by Gasteiger charge is 2.16. The van der Waals surface area contributed by atoms with Crippen LogP contribution in [0.1, 0.15) is 12.2 Å². The van der Waals surface area contributed by atoms with Gasteiger partial charge in [-0.2, -0.15) is 4.68 Å². The molecule has 26 heavy (non-hydrogen) atoms. The van der Waals surface area contributed by atoms with Crippen molar-refractivity contribution >= 4 is 15.7 Å². The molecule has 0 aliphatic rings. The van der Waals surface area contributed by atoms with Crippen molar-refractivity contribution in [1.82, 2.24) is 25.5 Å². The summed E-state index contributed by atoms with van der Waals surface area (Å²) in [6.07, 6.45) is -0.135. The fraction of sp³-hybridized carbons (Fsp3) is 0.176. The summed E-state index contributed by atoms with van der Waals surface area (Å²) in [4.78, 5) is 12.2. The predicted molar refractivity (Wildman–Crippen MR) is 94.1 cm³/mol. The minimum atomic E-state index is -3.48. The third-order valence-electron chi connectivity index (χ3n) is 3.68. The Morgan fingerprint density at radius 3 is 2.35 bits per heavy atom. The van der Waals surface area contributed by atoms with Crippen LogP contribution in [0.15, 0.2) is 65.6 Å². The zero-order valence-corrected chi connectivity index (χ0v) is 14.6. The van der Waals surface area contributed by atoms with Crippen LogP contribution >= 0.6 is 0 Å². The summed E-state index contributed by atoms with van der Waals surface area (Å²) in [6, 6.07) is 17.3. The summed E-state index contributed by atoms with van der Waals surface area (Å²) in [6.45, 7) is 0.103. The smallest absolute Gasteiger partial charge is 0.221 e. The molecule has 0 unspecified atom stereocenters. The number of aromatic nitrogens is 4. The number of amides is 1. The molecule has 1 aromatic heterocycles. The number of rotatable bonds is 7. The van der Waals surface area contributed by atoms with Gasteiger partial charge in [-0.3, -0.25) is 4.79 Å². The maximum atomic E-state index is 12.2. The lowest BCUT2D eigenvalue weighted by molar-refractivity contribution is -0.120. The number of sulfone groups is 1. The van der Waals surface area contributed by atoms with E-state index >= 15 is 0 Å². The highest BCUT2D eigenvalue weighted by Crippen LogP contribution is 2.11. The molecular weight excluding hydrogens is 354 g/mol. The van der Waals surface area contributed by atoms with Crippen LogP contribution in [0, 0.1) is 0 Å². The number of para-hydroxylation sites is 1. The zero-order chi connectivity index (χ0) is 18.4. The Hall–Kier alpha value is -3.07. The van der Waals surface area contributed by atoms with Gasteiger partial charge in [0.2, 0.25) is 5.91 Å². The zero-order valence-electron chi connectivity index (χ0n) is 13.8.